The Morgan fingerprint density at radius 3 is 2.06 bits per heavy atom. The van der Waals surface area contributed by atoms with Gasteiger partial charge >= 0.3 is 0 Å². The molecule has 2 amide bonds. The average molecular weight is 489 g/mol. The average Bonchev–Trinajstić information content (AvgIpc) is 3.27. The van der Waals surface area contributed by atoms with Gasteiger partial charge in [0.1, 0.15) is 5.76 Å². The van der Waals surface area contributed by atoms with Crippen LogP contribution in [0, 0.1) is 20.8 Å². The molecule has 0 N–H and O–H groups in total. The van der Waals surface area contributed by atoms with Gasteiger partial charge in [0.2, 0.25) is 15.9 Å². The second-order valence-corrected chi connectivity index (χ2v) is 10.9. The molecule has 1 aromatic heterocycles. The van der Waals surface area contributed by atoms with E-state index in [1.54, 1.807) is 41.0 Å². The van der Waals surface area contributed by atoms with Crippen molar-refractivity contribution in [1.82, 2.24) is 19.0 Å². The molecule has 0 radical (unpaired) electrons. The lowest BCUT2D eigenvalue weighted by Gasteiger charge is -2.37. The van der Waals surface area contributed by atoms with Crippen molar-refractivity contribution in [3.8, 4) is 0 Å². The fourth-order valence-corrected chi connectivity index (χ4v) is 5.81. The molecule has 2 aliphatic rings. The summed E-state index contributed by atoms with van der Waals surface area (Å²) in [5.41, 5.74) is 1.99. The second-order valence-electron chi connectivity index (χ2n) is 9.01. The molecule has 4 rings (SSSR count). The van der Waals surface area contributed by atoms with E-state index >= 15 is 0 Å². The van der Waals surface area contributed by atoms with Crippen LogP contribution in [0.15, 0.2) is 39.6 Å². The molecule has 0 unspecified atom stereocenters. The molecule has 9 nitrogen and oxygen atoms in total. The number of amides is 2. The number of hydrogen-bond donors (Lipinski definition) is 0. The third kappa shape index (κ3) is 5.18. The molecule has 1 aromatic carbocycles. The van der Waals surface area contributed by atoms with Crippen LogP contribution in [0.2, 0.25) is 0 Å². The Kier molecular flexibility index (Phi) is 7.11. The van der Waals surface area contributed by atoms with E-state index in [9.17, 15) is 18.0 Å². The maximum Gasteiger partial charge on any atom is 0.289 e. The van der Waals surface area contributed by atoms with Gasteiger partial charge in [-0.25, -0.2) is 8.42 Å². The predicted octanol–water partition coefficient (Wildman–Crippen LogP) is 1.50. The molecule has 0 aliphatic carbocycles. The Morgan fingerprint density at radius 2 is 1.47 bits per heavy atom. The highest BCUT2D eigenvalue weighted by atomic mass is 32.2. The van der Waals surface area contributed by atoms with E-state index in [4.69, 9.17) is 4.42 Å². The molecule has 3 heterocycles. The highest BCUT2D eigenvalue weighted by Gasteiger charge is 2.31. The van der Waals surface area contributed by atoms with Crippen LogP contribution in [0.5, 0.6) is 0 Å². The summed E-state index contributed by atoms with van der Waals surface area (Å²) in [5.74, 6) is 0.912. The van der Waals surface area contributed by atoms with Gasteiger partial charge in [-0.3, -0.25) is 14.5 Å². The standard InChI is InChI=1S/C24H32N4O5S/c1-18-4-6-21(16-19(18)2)34(31,32)28-14-12-26(13-15-28)23(29)17-25-8-10-27(11-9-25)24(30)22-7-5-20(3)33-22/h4-7,16H,8-15,17H2,1-3H3. The van der Waals surface area contributed by atoms with Gasteiger partial charge in [0.05, 0.1) is 11.4 Å². The molecule has 0 spiro atoms. The number of furan rings is 1. The Labute approximate surface area is 201 Å². The first-order valence-electron chi connectivity index (χ1n) is 11.6. The lowest BCUT2D eigenvalue weighted by molar-refractivity contribution is -0.133. The van der Waals surface area contributed by atoms with E-state index in [-0.39, 0.29) is 31.4 Å². The number of piperazine rings is 2. The molecule has 2 saturated heterocycles. The highest BCUT2D eigenvalue weighted by molar-refractivity contribution is 7.89. The third-order valence-corrected chi connectivity index (χ3v) is 8.57. The first kappa shape index (κ1) is 24.4. The highest BCUT2D eigenvalue weighted by Crippen LogP contribution is 2.21. The monoisotopic (exact) mass is 488 g/mol. The zero-order valence-corrected chi connectivity index (χ0v) is 20.8. The van der Waals surface area contributed by atoms with Gasteiger partial charge in [-0.2, -0.15) is 4.31 Å². The van der Waals surface area contributed by atoms with Crippen molar-refractivity contribution in [2.24, 2.45) is 0 Å². The Hall–Kier alpha value is -2.69. The van der Waals surface area contributed by atoms with Crippen molar-refractivity contribution in [1.29, 1.82) is 0 Å². The van der Waals surface area contributed by atoms with E-state index in [0.717, 1.165) is 11.1 Å². The van der Waals surface area contributed by atoms with E-state index in [2.05, 4.69) is 0 Å². The van der Waals surface area contributed by atoms with Crippen LogP contribution in [0.3, 0.4) is 0 Å². The van der Waals surface area contributed by atoms with Gasteiger partial charge in [0.15, 0.2) is 5.76 Å². The summed E-state index contributed by atoms with van der Waals surface area (Å²) < 4.78 is 32.9. The van der Waals surface area contributed by atoms with Gasteiger partial charge < -0.3 is 14.2 Å². The van der Waals surface area contributed by atoms with E-state index < -0.39 is 10.0 Å². The number of carbonyl (C=O) groups is 2. The van der Waals surface area contributed by atoms with Gasteiger partial charge in [-0.1, -0.05) is 6.07 Å². The SMILES string of the molecule is Cc1ccc(C(=O)N2CCN(CC(=O)N3CCN(S(=O)(=O)c4ccc(C)c(C)c4)CC3)CC2)o1. The van der Waals surface area contributed by atoms with E-state index in [1.807, 2.05) is 24.8 Å². The molecule has 0 saturated carbocycles. The van der Waals surface area contributed by atoms with Crippen LogP contribution in [0.4, 0.5) is 0 Å². The molecular formula is C24H32N4O5S. The summed E-state index contributed by atoms with van der Waals surface area (Å²) in [6.07, 6.45) is 0. The lowest BCUT2D eigenvalue weighted by Crippen LogP contribution is -2.55. The fraction of sp³-hybridized carbons (Fsp3) is 0.500. The van der Waals surface area contributed by atoms with Crippen LogP contribution < -0.4 is 0 Å². The number of nitrogens with zero attached hydrogens (tertiary/aromatic N) is 4. The van der Waals surface area contributed by atoms with Crippen molar-refractivity contribution in [2.45, 2.75) is 25.7 Å². The van der Waals surface area contributed by atoms with E-state index in [1.165, 1.54) is 4.31 Å². The number of sulfonamides is 1. The van der Waals surface area contributed by atoms with Crippen LogP contribution >= 0.6 is 0 Å². The zero-order valence-electron chi connectivity index (χ0n) is 20.0. The molecular weight excluding hydrogens is 456 g/mol. The van der Waals surface area contributed by atoms with Gasteiger partial charge in [0, 0.05) is 52.4 Å². The lowest BCUT2D eigenvalue weighted by atomic mass is 10.1. The van der Waals surface area contributed by atoms with Crippen LogP contribution in [-0.2, 0) is 14.8 Å². The summed E-state index contributed by atoms with van der Waals surface area (Å²) >= 11 is 0. The smallest absolute Gasteiger partial charge is 0.289 e. The van der Waals surface area contributed by atoms with Crippen molar-refractivity contribution >= 4 is 21.8 Å². The van der Waals surface area contributed by atoms with Crippen molar-refractivity contribution in [3.63, 3.8) is 0 Å². The topological polar surface area (TPSA) is 94.4 Å². The molecule has 0 bridgehead atoms. The molecule has 2 aliphatic heterocycles. The Bertz CT molecular complexity index is 1160. The molecule has 184 valence electrons. The molecule has 2 aromatic rings. The fourth-order valence-electron chi connectivity index (χ4n) is 4.31. The third-order valence-electron chi connectivity index (χ3n) is 6.68. The normalized spacial score (nSPS) is 18.3. The summed E-state index contributed by atoms with van der Waals surface area (Å²) in [4.78, 5) is 31.2. The summed E-state index contributed by atoms with van der Waals surface area (Å²) in [5, 5.41) is 0. The summed E-state index contributed by atoms with van der Waals surface area (Å²) in [6.45, 7) is 9.53. The molecule has 2 fully saturated rings. The Balaban J connectivity index is 1.25. The molecule has 10 heteroatoms. The second kappa shape index (κ2) is 9.89. The van der Waals surface area contributed by atoms with Crippen molar-refractivity contribution in [2.75, 3.05) is 58.9 Å². The minimum Gasteiger partial charge on any atom is -0.456 e. The van der Waals surface area contributed by atoms with Gasteiger partial charge in [-0.15, -0.1) is 0 Å². The number of hydrogen-bond acceptors (Lipinski definition) is 6. The van der Waals surface area contributed by atoms with Gasteiger partial charge in [-0.05, 0) is 56.2 Å². The van der Waals surface area contributed by atoms with Crippen LogP contribution in [-0.4, -0.2) is 98.1 Å². The molecule has 34 heavy (non-hydrogen) atoms. The van der Waals surface area contributed by atoms with Crippen molar-refractivity contribution in [3.05, 3.63) is 53.0 Å². The largest absolute Gasteiger partial charge is 0.456 e. The number of carbonyl (C=O) groups excluding carboxylic acids is 2. The maximum atomic E-state index is 13.0. The summed E-state index contributed by atoms with van der Waals surface area (Å²) in [7, 11) is -3.57. The Morgan fingerprint density at radius 1 is 0.824 bits per heavy atom. The number of benzene rings is 1. The van der Waals surface area contributed by atoms with Crippen LogP contribution in [0.25, 0.3) is 0 Å². The number of rotatable bonds is 5. The first-order valence-corrected chi connectivity index (χ1v) is 13.0. The minimum absolute atomic E-state index is 0.00957. The maximum absolute atomic E-state index is 13.0. The number of aryl methyl sites for hydroxylation is 3. The zero-order chi connectivity index (χ0) is 24.5. The predicted molar refractivity (Wildman–Crippen MR) is 127 cm³/mol. The first-order chi connectivity index (χ1) is 16.1. The van der Waals surface area contributed by atoms with Crippen LogP contribution in [0.1, 0.15) is 27.4 Å². The quantitative estimate of drug-likeness (QED) is 0.633. The van der Waals surface area contributed by atoms with E-state index in [0.29, 0.717) is 55.7 Å². The van der Waals surface area contributed by atoms with Crippen molar-refractivity contribution < 1.29 is 22.4 Å². The minimum atomic E-state index is -3.57. The van der Waals surface area contributed by atoms with Gasteiger partial charge in [0.25, 0.3) is 5.91 Å². The molecule has 0 atom stereocenters. The summed E-state index contributed by atoms with van der Waals surface area (Å²) in [6, 6.07) is 8.64.